The molecule has 2 heterocycles. The number of aliphatic hydroxyl groups excluding tert-OH is 3. The van der Waals surface area contributed by atoms with Crippen molar-refractivity contribution in [1.82, 2.24) is 9.55 Å². The van der Waals surface area contributed by atoms with Gasteiger partial charge in [-0.2, -0.15) is 0 Å². The Morgan fingerprint density at radius 3 is 2.62 bits per heavy atom. The fourth-order valence-corrected chi connectivity index (χ4v) is 4.45. The van der Waals surface area contributed by atoms with Crippen LogP contribution in [0.25, 0.3) is 0 Å². The summed E-state index contributed by atoms with van der Waals surface area (Å²) in [5, 5.41) is 28.8. The lowest BCUT2D eigenvalue weighted by Gasteiger charge is -2.20. The molecule has 0 aliphatic carbocycles. The number of thioether (sulfide) groups is 1. The second kappa shape index (κ2) is 11.2. The van der Waals surface area contributed by atoms with Crippen LogP contribution >= 0.6 is 19.6 Å². The topological polar surface area (TPSA) is 198 Å². The molecule has 2 rings (SSSR count). The molecule has 13 nitrogen and oxygen atoms in total. The second-order valence-corrected chi connectivity index (χ2v) is 10.2. The van der Waals surface area contributed by atoms with Crippen LogP contribution in [0.3, 0.4) is 0 Å². The fraction of sp³-hybridized carbons (Fsp3) is 0.706. The van der Waals surface area contributed by atoms with Crippen molar-refractivity contribution < 1.29 is 43.4 Å². The number of hydrogen-bond acceptors (Lipinski definition) is 11. The molecule has 5 atom stereocenters. The van der Waals surface area contributed by atoms with Crippen molar-refractivity contribution in [1.29, 1.82) is 0 Å². The van der Waals surface area contributed by atoms with E-state index in [-0.39, 0.29) is 24.1 Å². The molecule has 1 aromatic rings. The Morgan fingerprint density at radius 2 is 2.03 bits per heavy atom. The van der Waals surface area contributed by atoms with Crippen LogP contribution in [0.2, 0.25) is 0 Å². The standard InChI is InChI=1S/C17H27N2O11PS/c1-17(2,9-21)15(24)32-6-5-28-31(26,27)29-8-11-10(7-20)13(23)14(30-11)19-4-3-12(22)18-16(19)25/h3-4,10-11,13-14,20-21,23H,5-9H2,1-2H3,(H,26,27)(H,18,22,25). The molecule has 0 spiro atoms. The molecule has 0 aromatic carbocycles. The number of rotatable bonds is 11. The number of aliphatic hydroxyl groups is 3. The number of aromatic nitrogens is 2. The van der Waals surface area contributed by atoms with Gasteiger partial charge in [0.1, 0.15) is 6.10 Å². The summed E-state index contributed by atoms with van der Waals surface area (Å²) in [6, 6.07) is 1.05. The van der Waals surface area contributed by atoms with Crippen LogP contribution < -0.4 is 11.2 Å². The minimum absolute atomic E-state index is 0.0469. The number of phosphoric acid groups is 1. The maximum absolute atomic E-state index is 12.1. The average Bonchev–Trinajstić information content (AvgIpc) is 3.04. The van der Waals surface area contributed by atoms with E-state index >= 15 is 0 Å². The van der Waals surface area contributed by atoms with E-state index in [2.05, 4.69) is 0 Å². The summed E-state index contributed by atoms with van der Waals surface area (Å²) in [5.74, 6) is -0.904. The van der Waals surface area contributed by atoms with Crippen molar-refractivity contribution in [2.75, 3.05) is 32.2 Å². The molecule has 1 aliphatic rings. The van der Waals surface area contributed by atoms with Gasteiger partial charge < -0.3 is 24.9 Å². The lowest BCUT2D eigenvalue weighted by atomic mass is 9.97. The molecule has 1 aromatic heterocycles. The maximum atomic E-state index is 12.1. The molecule has 0 amide bonds. The Kier molecular flexibility index (Phi) is 9.40. The number of aromatic amines is 1. The van der Waals surface area contributed by atoms with Crippen LogP contribution in [0.4, 0.5) is 0 Å². The van der Waals surface area contributed by atoms with Crippen molar-refractivity contribution in [3.8, 4) is 0 Å². The number of H-pyrrole nitrogens is 1. The van der Waals surface area contributed by atoms with Crippen LogP contribution in [0.5, 0.6) is 0 Å². The molecular formula is C17H27N2O11PS. The maximum Gasteiger partial charge on any atom is 0.472 e. The lowest BCUT2D eigenvalue weighted by Crippen LogP contribution is -2.36. The third-order valence-corrected chi connectivity index (χ3v) is 6.95. The molecule has 1 saturated heterocycles. The van der Waals surface area contributed by atoms with Crippen LogP contribution in [0.1, 0.15) is 20.1 Å². The van der Waals surface area contributed by atoms with E-state index in [1.165, 1.54) is 0 Å². The molecule has 5 unspecified atom stereocenters. The minimum atomic E-state index is -4.55. The van der Waals surface area contributed by atoms with Crippen molar-refractivity contribution in [3.63, 3.8) is 0 Å². The van der Waals surface area contributed by atoms with Gasteiger partial charge in [0.2, 0.25) is 0 Å². The average molecular weight is 498 g/mol. The van der Waals surface area contributed by atoms with Gasteiger partial charge in [-0.3, -0.25) is 28.2 Å². The van der Waals surface area contributed by atoms with Gasteiger partial charge in [-0.1, -0.05) is 11.8 Å². The van der Waals surface area contributed by atoms with Crippen molar-refractivity contribution in [2.45, 2.75) is 32.3 Å². The van der Waals surface area contributed by atoms with Crippen LogP contribution in [0.15, 0.2) is 21.9 Å². The first-order chi connectivity index (χ1) is 14.9. The number of nitrogens with zero attached hydrogens (tertiary/aromatic N) is 1. The van der Waals surface area contributed by atoms with Gasteiger partial charge in [0.25, 0.3) is 5.56 Å². The van der Waals surface area contributed by atoms with Crippen LogP contribution in [-0.4, -0.2) is 79.3 Å². The third-order valence-electron chi connectivity index (χ3n) is 4.78. The molecule has 0 radical (unpaired) electrons. The van der Waals surface area contributed by atoms with Gasteiger partial charge in [-0.15, -0.1) is 0 Å². The first-order valence-corrected chi connectivity index (χ1v) is 12.1. The highest BCUT2D eigenvalue weighted by molar-refractivity contribution is 8.13. The molecule has 32 heavy (non-hydrogen) atoms. The van der Waals surface area contributed by atoms with Crippen molar-refractivity contribution >= 4 is 24.7 Å². The molecule has 182 valence electrons. The molecule has 5 N–H and O–H groups in total. The zero-order chi connectivity index (χ0) is 24.1. The van der Waals surface area contributed by atoms with E-state index in [1.54, 1.807) is 13.8 Å². The monoisotopic (exact) mass is 498 g/mol. The summed E-state index contributed by atoms with van der Waals surface area (Å²) >= 11 is 0.837. The predicted octanol–water partition coefficient (Wildman–Crippen LogP) is -1.18. The normalized spacial score (nSPS) is 25.6. The van der Waals surface area contributed by atoms with Crippen molar-refractivity contribution in [2.24, 2.45) is 11.3 Å². The smallest absolute Gasteiger partial charge is 0.396 e. The molecule has 1 aliphatic heterocycles. The highest BCUT2D eigenvalue weighted by atomic mass is 32.2. The van der Waals surface area contributed by atoms with E-state index < -0.39 is 62.1 Å². The minimum Gasteiger partial charge on any atom is -0.396 e. The Labute approximate surface area is 186 Å². The number of hydrogen-bond donors (Lipinski definition) is 5. The molecule has 0 bridgehead atoms. The molecule has 0 saturated carbocycles. The Bertz CT molecular complexity index is 949. The van der Waals surface area contributed by atoms with Gasteiger partial charge in [0.05, 0.1) is 37.9 Å². The van der Waals surface area contributed by atoms with E-state index in [0.29, 0.717) is 0 Å². The molecule has 1 fully saturated rings. The van der Waals surface area contributed by atoms with Gasteiger partial charge in [-0.05, 0) is 13.8 Å². The third kappa shape index (κ3) is 6.83. The number of phosphoric ester groups is 1. The first kappa shape index (κ1) is 26.9. The van der Waals surface area contributed by atoms with Gasteiger partial charge in [0.15, 0.2) is 11.3 Å². The highest BCUT2D eigenvalue weighted by Gasteiger charge is 2.45. The summed E-state index contributed by atoms with van der Waals surface area (Å²) < 4.78 is 28.2. The zero-order valence-corrected chi connectivity index (χ0v) is 19.2. The summed E-state index contributed by atoms with van der Waals surface area (Å²) in [4.78, 5) is 46.9. The van der Waals surface area contributed by atoms with E-state index in [0.717, 1.165) is 28.6 Å². The van der Waals surface area contributed by atoms with Gasteiger partial charge in [-0.25, -0.2) is 9.36 Å². The Morgan fingerprint density at radius 1 is 1.34 bits per heavy atom. The van der Waals surface area contributed by atoms with Gasteiger partial charge >= 0.3 is 13.5 Å². The lowest BCUT2D eigenvalue weighted by molar-refractivity contribution is -0.119. The van der Waals surface area contributed by atoms with Gasteiger partial charge in [0, 0.05) is 23.9 Å². The Hall–Kier alpha value is -1.35. The highest BCUT2D eigenvalue weighted by Crippen LogP contribution is 2.45. The zero-order valence-electron chi connectivity index (χ0n) is 17.4. The second-order valence-electron chi connectivity index (χ2n) is 7.69. The number of carbonyl (C=O) groups excluding carboxylic acids is 1. The largest absolute Gasteiger partial charge is 0.472 e. The quantitative estimate of drug-likeness (QED) is 0.181. The predicted molar refractivity (Wildman–Crippen MR) is 112 cm³/mol. The number of ether oxygens (including phenoxy) is 1. The van der Waals surface area contributed by atoms with E-state index in [1.807, 2.05) is 4.98 Å². The van der Waals surface area contributed by atoms with Crippen molar-refractivity contribution in [3.05, 3.63) is 33.1 Å². The summed E-state index contributed by atoms with van der Waals surface area (Å²) in [7, 11) is -4.55. The van der Waals surface area contributed by atoms with Crippen LogP contribution in [0, 0.1) is 11.3 Å². The fourth-order valence-electron chi connectivity index (χ4n) is 2.79. The SMILES string of the molecule is CC(C)(CO)C(=O)SCCOP(=O)(O)OCC1OC(n2ccc(=O)[nH]c2=O)C(O)C1CO. The summed E-state index contributed by atoms with van der Waals surface area (Å²) in [6.07, 6.45) is -2.58. The Balaban J connectivity index is 1.91. The van der Waals surface area contributed by atoms with E-state index in [9.17, 15) is 34.1 Å². The van der Waals surface area contributed by atoms with E-state index in [4.69, 9.17) is 18.9 Å². The summed E-state index contributed by atoms with van der Waals surface area (Å²) in [5.41, 5.74) is -2.43. The number of carbonyl (C=O) groups is 1. The molecule has 15 heteroatoms. The first-order valence-electron chi connectivity index (χ1n) is 9.57. The van der Waals surface area contributed by atoms with Crippen LogP contribution in [-0.2, 0) is 23.1 Å². The molecular weight excluding hydrogens is 471 g/mol. The number of nitrogens with one attached hydrogen (secondary N) is 1. The summed E-state index contributed by atoms with van der Waals surface area (Å²) in [6.45, 7) is 1.37.